The number of ketones is 1. The minimum absolute atomic E-state index is 0.122. The van der Waals surface area contributed by atoms with Gasteiger partial charge in [0.1, 0.15) is 11.8 Å². The Morgan fingerprint density at radius 3 is 2.27 bits per heavy atom. The number of piperazine rings is 1. The van der Waals surface area contributed by atoms with Crippen molar-refractivity contribution in [3.05, 3.63) is 83.9 Å². The summed E-state index contributed by atoms with van der Waals surface area (Å²) in [6, 6.07) is 21.9. The van der Waals surface area contributed by atoms with E-state index in [1.165, 1.54) is 6.92 Å². The quantitative estimate of drug-likeness (QED) is 0.558. The Morgan fingerprint density at radius 2 is 1.61 bits per heavy atom. The summed E-state index contributed by atoms with van der Waals surface area (Å²) in [6.07, 6.45) is 0.561. The van der Waals surface area contributed by atoms with Gasteiger partial charge in [0.2, 0.25) is 5.91 Å². The number of nitrogens with zero attached hydrogens (tertiary/aromatic N) is 2. The summed E-state index contributed by atoms with van der Waals surface area (Å²) >= 11 is 0. The zero-order valence-electron chi connectivity index (χ0n) is 18.5. The number of fused-ring (bicyclic) bond motifs is 2. The molecule has 2 saturated heterocycles. The lowest BCUT2D eigenvalue weighted by Crippen LogP contribution is -2.52. The molecule has 0 spiro atoms. The molecular formula is C27H24N2O4. The monoisotopic (exact) mass is 440 g/mol. The number of carbonyl (C=O) groups is 3. The van der Waals surface area contributed by atoms with E-state index in [0.29, 0.717) is 35.5 Å². The predicted molar refractivity (Wildman–Crippen MR) is 126 cm³/mol. The molecule has 0 aliphatic carbocycles. The average Bonchev–Trinajstić information content (AvgIpc) is 3.42. The fourth-order valence-corrected chi connectivity index (χ4v) is 4.94. The maximum Gasteiger partial charge on any atom is 0.255 e. The highest BCUT2D eigenvalue weighted by Gasteiger charge is 2.52. The molecule has 0 saturated carbocycles. The van der Waals surface area contributed by atoms with E-state index in [2.05, 4.69) is 0 Å². The van der Waals surface area contributed by atoms with Gasteiger partial charge in [0, 0.05) is 12.1 Å². The smallest absolute Gasteiger partial charge is 0.255 e. The highest BCUT2D eigenvalue weighted by atomic mass is 16.5. The minimum atomic E-state index is -0.549. The second-order valence-corrected chi connectivity index (χ2v) is 8.43. The van der Waals surface area contributed by atoms with Crippen molar-refractivity contribution in [2.75, 3.05) is 18.6 Å². The van der Waals surface area contributed by atoms with Crippen LogP contribution in [-0.2, 0) is 4.79 Å². The molecule has 2 fully saturated rings. The molecule has 2 aliphatic heterocycles. The maximum absolute atomic E-state index is 13.5. The van der Waals surface area contributed by atoms with Gasteiger partial charge in [0.25, 0.3) is 5.91 Å². The Hall–Kier alpha value is -3.93. The molecule has 0 N–H and O–H groups in total. The Bertz CT molecular complexity index is 1250. The van der Waals surface area contributed by atoms with Crippen LogP contribution in [0.4, 0.5) is 5.69 Å². The van der Waals surface area contributed by atoms with Crippen molar-refractivity contribution in [1.29, 1.82) is 0 Å². The van der Waals surface area contributed by atoms with Gasteiger partial charge in [-0.05, 0) is 42.7 Å². The maximum atomic E-state index is 13.5. The zero-order chi connectivity index (χ0) is 23.1. The van der Waals surface area contributed by atoms with Crippen LogP contribution in [0.15, 0.2) is 72.8 Å². The fourth-order valence-electron chi connectivity index (χ4n) is 4.94. The van der Waals surface area contributed by atoms with Crippen LogP contribution < -0.4 is 9.64 Å². The SMILES string of the molecule is COc1ccc(-c2ccccc2)cc1N1C(=O)[C@@H]2C[C@H]1CN2C(=O)c1ccccc1C(C)=O. The Balaban J connectivity index is 1.46. The standard InChI is InChI=1S/C27H24N2O4/c1-17(30)21-10-6-7-11-22(21)26(31)28-16-20-15-24(28)27(32)29(20)23-14-19(12-13-25(23)33-2)18-8-4-3-5-9-18/h3-14,20,24H,15-16H2,1-2H3/t20-,24-/m0/s1. The van der Waals surface area contributed by atoms with E-state index in [1.54, 1.807) is 41.2 Å². The molecule has 2 aliphatic rings. The van der Waals surface area contributed by atoms with Crippen LogP contribution in [0, 0.1) is 0 Å². The lowest BCUT2D eigenvalue weighted by molar-refractivity contribution is -0.121. The third-order valence-corrected chi connectivity index (χ3v) is 6.51. The van der Waals surface area contributed by atoms with Gasteiger partial charge in [-0.2, -0.15) is 0 Å². The van der Waals surface area contributed by atoms with Gasteiger partial charge in [0.05, 0.1) is 24.4 Å². The van der Waals surface area contributed by atoms with E-state index >= 15 is 0 Å². The number of hydrogen-bond donors (Lipinski definition) is 0. The summed E-state index contributed by atoms with van der Waals surface area (Å²) in [4.78, 5) is 42.1. The van der Waals surface area contributed by atoms with E-state index in [-0.39, 0.29) is 23.6 Å². The van der Waals surface area contributed by atoms with E-state index < -0.39 is 6.04 Å². The molecule has 3 aromatic carbocycles. The van der Waals surface area contributed by atoms with Crippen LogP contribution in [0.1, 0.15) is 34.1 Å². The molecule has 5 rings (SSSR count). The van der Waals surface area contributed by atoms with Gasteiger partial charge < -0.3 is 14.5 Å². The highest BCUT2D eigenvalue weighted by Crippen LogP contribution is 2.42. The second-order valence-electron chi connectivity index (χ2n) is 8.43. The van der Waals surface area contributed by atoms with Crippen molar-refractivity contribution in [3.8, 4) is 16.9 Å². The van der Waals surface area contributed by atoms with Crippen molar-refractivity contribution in [1.82, 2.24) is 4.90 Å². The summed E-state index contributed by atoms with van der Waals surface area (Å²) in [5, 5.41) is 0. The molecule has 0 unspecified atom stereocenters. The second kappa shape index (κ2) is 8.20. The average molecular weight is 440 g/mol. The number of methoxy groups -OCH3 is 1. The van der Waals surface area contributed by atoms with Crippen LogP contribution in [0.25, 0.3) is 11.1 Å². The number of Topliss-reactive ketones (excluding diaryl/α,β-unsaturated/α-hetero) is 1. The number of hydrogen-bond acceptors (Lipinski definition) is 4. The minimum Gasteiger partial charge on any atom is -0.495 e. The lowest BCUT2D eigenvalue weighted by atomic mass is 10.0. The number of amides is 2. The van der Waals surface area contributed by atoms with Gasteiger partial charge in [0.15, 0.2) is 5.78 Å². The van der Waals surface area contributed by atoms with E-state index in [0.717, 1.165) is 11.1 Å². The van der Waals surface area contributed by atoms with E-state index in [9.17, 15) is 14.4 Å². The zero-order valence-corrected chi connectivity index (χ0v) is 18.5. The first-order valence-corrected chi connectivity index (χ1v) is 11.0. The van der Waals surface area contributed by atoms with Gasteiger partial charge in [-0.3, -0.25) is 14.4 Å². The van der Waals surface area contributed by atoms with Crippen LogP contribution in [0.3, 0.4) is 0 Å². The van der Waals surface area contributed by atoms with Gasteiger partial charge in [-0.15, -0.1) is 0 Å². The van der Waals surface area contributed by atoms with Crippen molar-refractivity contribution in [2.45, 2.75) is 25.4 Å². The highest BCUT2D eigenvalue weighted by molar-refractivity contribution is 6.11. The van der Waals surface area contributed by atoms with Gasteiger partial charge >= 0.3 is 0 Å². The summed E-state index contributed by atoms with van der Waals surface area (Å²) < 4.78 is 5.58. The van der Waals surface area contributed by atoms with Crippen LogP contribution >= 0.6 is 0 Å². The van der Waals surface area contributed by atoms with Gasteiger partial charge in [-0.1, -0.05) is 54.6 Å². The summed E-state index contributed by atoms with van der Waals surface area (Å²) in [7, 11) is 1.59. The first-order valence-electron chi connectivity index (χ1n) is 11.0. The molecule has 6 heteroatoms. The number of anilines is 1. The molecule has 33 heavy (non-hydrogen) atoms. The topological polar surface area (TPSA) is 66.9 Å². The third kappa shape index (κ3) is 3.48. The van der Waals surface area contributed by atoms with Crippen molar-refractivity contribution in [2.24, 2.45) is 0 Å². The van der Waals surface area contributed by atoms with Crippen molar-refractivity contribution >= 4 is 23.3 Å². The molecule has 2 atom stereocenters. The molecule has 0 radical (unpaired) electrons. The molecule has 2 heterocycles. The Kier molecular flexibility index (Phi) is 5.21. The molecule has 6 nitrogen and oxygen atoms in total. The molecule has 2 amide bonds. The largest absolute Gasteiger partial charge is 0.495 e. The third-order valence-electron chi connectivity index (χ3n) is 6.51. The van der Waals surface area contributed by atoms with Crippen LogP contribution in [-0.4, -0.2) is 48.2 Å². The van der Waals surface area contributed by atoms with E-state index in [1.807, 2.05) is 48.5 Å². The normalized spacial score (nSPS) is 19.2. The molecule has 166 valence electrons. The molecular weight excluding hydrogens is 416 g/mol. The van der Waals surface area contributed by atoms with Crippen LogP contribution in [0.2, 0.25) is 0 Å². The van der Waals surface area contributed by atoms with E-state index in [4.69, 9.17) is 4.74 Å². The molecule has 3 aromatic rings. The summed E-state index contributed by atoms with van der Waals surface area (Å²) in [6.45, 7) is 1.86. The fraction of sp³-hybridized carbons (Fsp3) is 0.222. The van der Waals surface area contributed by atoms with Gasteiger partial charge in [-0.25, -0.2) is 0 Å². The summed E-state index contributed by atoms with van der Waals surface area (Å²) in [5.74, 6) is 0.0591. The number of likely N-dealkylation sites (tertiary alicyclic amines) is 1. The Morgan fingerprint density at radius 1 is 0.909 bits per heavy atom. The molecule has 2 bridgehead atoms. The predicted octanol–water partition coefficient (Wildman–Crippen LogP) is 4.19. The number of benzene rings is 3. The summed E-state index contributed by atoms with van der Waals surface area (Å²) in [5.41, 5.74) is 3.49. The first-order chi connectivity index (χ1) is 16.0. The first kappa shape index (κ1) is 20.9. The number of carbonyl (C=O) groups excluding carboxylic acids is 3. The number of rotatable bonds is 5. The van der Waals surface area contributed by atoms with Crippen LogP contribution in [0.5, 0.6) is 5.75 Å². The van der Waals surface area contributed by atoms with Crippen molar-refractivity contribution < 1.29 is 19.1 Å². The number of ether oxygens (including phenoxy) is 1. The Labute approximate surface area is 192 Å². The van der Waals surface area contributed by atoms with Crippen molar-refractivity contribution in [3.63, 3.8) is 0 Å². The lowest BCUT2D eigenvalue weighted by Gasteiger charge is -2.35. The molecule has 0 aromatic heterocycles.